The molecule has 0 aromatic carbocycles. The molecular formula is C19H28FN7O3. The van der Waals surface area contributed by atoms with Crippen LogP contribution in [0, 0.1) is 5.95 Å². The number of carbonyl (C=O) groups is 2. The molecule has 0 bridgehead atoms. The zero-order chi connectivity index (χ0) is 21.7. The molecule has 3 heterocycles. The van der Waals surface area contributed by atoms with Crippen molar-refractivity contribution in [1.29, 1.82) is 0 Å². The number of hydrogen-bond acceptors (Lipinski definition) is 7. The van der Waals surface area contributed by atoms with Crippen LogP contribution in [0.4, 0.5) is 14.9 Å². The highest BCUT2D eigenvalue weighted by atomic mass is 19.1. The van der Waals surface area contributed by atoms with Crippen molar-refractivity contribution in [3.05, 3.63) is 35.7 Å². The number of pyridine rings is 1. The number of halogens is 1. The predicted octanol–water partition coefficient (Wildman–Crippen LogP) is 0.156. The number of nitrogens with one attached hydrogen (secondary N) is 4. The number of hydroxylamine groups is 1. The number of carbonyl (C=O) groups excluding carboxylic acids is 2. The molecule has 164 valence electrons. The van der Waals surface area contributed by atoms with Gasteiger partial charge in [-0.25, -0.2) is 9.78 Å². The number of aromatic nitrogens is 1. The van der Waals surface area contributed by atoms with Crippen LogP contribution in [-0.2, 0) is 4.84 Å². The first-order chi connectivity index (χ1) is 14.3. The Bertz CT molecular complexity index is 826. The fourth-order valence-electron chi connectivity index (χ4n) is 3.50. The monoisotopic (exact) mass is 421 g/mol. The molecule has 1 saturated heterocycles. The fourth-order valence-corrected chi connectivity index (χ4v) is 3.50. The Morgan fingerprint density at radius 3 is 2.67 bits per heavy atom. The van der Waals surface area contributed by atoms with Crippen molar-refractivity contribution >= 4 is 17.6 Å². The summed E-state index contributed by atoms with van der Waals surface area (Å²) < 4.78 is 14.4. The van der Waals surface area contributed by atoms with E-state index in [4.69, 9.17) is 4.84 Å². The molecule has 1 aromatic heterocycles. The van der Waals surface area contributed by atoms with Crippen LogP contribution in [0.15, 0.2) is 24.1 Å². The third-order valence-electron chi connectivity index (χ3n) is 4.97. The zero-order valence-corrected chi connectivity index (χ0v) is 17.4. The highest BCUT2D eigenvalue weighted by Gasteiger charge is 2.34. The molecule has 0 radical (unpaired) electrons. The van der Waals surface area contributed by atoms with Gasteiger partial charge in [0.25, 0.3) is 5.91 Å². The Morgan fingerprint density at radius 1 is 1.30 bits per heavy atom. The summed E-state index contributed by atoms with van der Waals surface area (Å²) in [6, 6.07) is 2.80. The largest absolute Gasteiger partial charge is 0.390 e. The van der Waals surface area contributed by atoms with Crippen LogP contribution in [0.2, 0.25) is 0 Å². The molecule has 2 aliphatic rings. The maximum absolute atomic E-state index is 14.4. The summed E-state index contributed by atoms with van der Waals surface area (Å²) in [5, 5.41) is 7.73. The second-order valence-corrected chi connectivity index (χ2v) is 7.46. The molecule has 10 nitrogen and oxygen atoms in total. The van der Waals surface area contributed by atoms with E-state index in [0.717, 1.165) is 13.1 Å². The van der Waals surface area contributed by atoms with Gasteiger partial charge in [-0.05, 0) is 26.0 Å². The predicted molar refractivity (Wildman–Crippen MR) is 109 cm³/mol. The molecule has 1 aromatic rings. The minimum Gasteiger partial charge on any atom is -0.390 e. The molecule has 3 amide bonds. The molecule has 2 aliphatic heterocycles. The standard InChI is InChI=1S/C19H28FN7O3/c1-4-22-18(29)24-15-11-19(2,25-30-15)12-26-7-9-27(10-8-26)14-6-5-13(17(28)21-3)23-16(14)20/h5-6,11,25H,4,7-10,12H2,1-3H3,(H,21,28)(H2,22,24,29). The van der Waals surface area contributed by atoms with Gasteiger partial charge < -0.3 is 20.4 Å². The number of rotatable bonds is 6. The Kier molecular flexibility index (Phi) is 6.73. The number of amides is 3. The minimum atomic E-state index is -0.647. The van der Waals surface area contributed by atoms with Crippen LogP contribution in [0.5, 0.6) is 0 Å². The van der Waals surface area contributed by atoms with Gasteiger partial charge in [0.05, 0.1) is 11.2 Å². The number of piperazine rings is 1. The van der Waals surface area contributed by atoms with Crippen molar-refractivity contribution < 1.29 is 18.8 Å². The van der Waals surface area contributed by atoms with Crippen LogP contribution in [0.25, 0.3) is 0 Å². The van der Waals surface area contributed by atoms with Crippen molar-refractivity contribution in [1.82, 2.24) is 31.3 Å². The summed E-state index contributed by atoms with van der Waals surface area (Å²) in [5.74, 6) is -0.698. The summed E-state index contributed by atoms with van der Waals surface area (Å²) in [5.41, 5.74) is 2.94. The Balaban J connectivity index is 1.54. The van der Waals surface area contributed by atoms with Gasteiger partial charge in [0.15, 0.2) is 0 Å². The van der Waals surface area contributed by atoms with Gasteiger partial charge in [0.2, 0.25) is 11.8 Å². The first kappa shape index (κ1) is 21.8. The molecule has 1 fully saturated rings. The molecule has 0 saturated carbocycles. The van der Waals surface area contributed by atoms with Crippen molar-refractivity contribution in [2.75, 3.05) is 51.2 Å². The lowest BCUT2D eigenvalue weighted by molar-refractivity contribution is 0.0584. The zero-order valence-electron chi connectivity index (χ0n) is 17.4. The van der Waals surface area contributed by atoms with Gasteiger partial charge in [-0.15, -0.1) is 5.48 Å². The number of nitrogens with zero attached hydrogens (tertiary/aromatic N) is 3. The summed E-state index contributed by atoms with van der Waals surface area (Å²) in [4.78, 5) is 36.5. The van der Waals surface area contributed by atoms with Crippen LogP contribution in [-0.4, -0.2) is 73.7 Å². The summed E-state index contributed by atoms with van der Waals surface area (Å²) in [7, 11) is 1.48. The molecule has 3 rings (SSSR count). The normalized spacial score (nSPS) is 21.6. The Hall–Kier alpha value is -2.92. The van der Waals surface area contributed by atoms with Gasteiger partial charge in [-0.3, -0.25) is 15.0 Å². The second-order valence-electron chi connectivity index (χ2n) is 7.46. The van der Waals surface area contributed by atoms with Gasteiger partial charge in [-0.1, -0.05) is 0 Å². The summed E-state index contributed by atoms with van der Waals surface area (Å²) in [6.45, 7) is 7.71. The van der Waals surface area contributed by atoms with E-state index in [0.29, 0.717) is 37.7 Å². The SMILES string of the molecule is CCNC(=O)NC1=CC(C)(CN2CCN(c3ccc(C(=O)NC)nc3F)CC2)NO1. The van der Waals surface area contributed by atoms with Crippen LogP contribution >= 0.6 is 0 Å². The van der Waals surface area contributed by atoms with E-state index >= 15 is 0 Å². The van der Waals surface area contributed by atoms with E-state index in [-0.39, 0.29) is 11.7 Å². The first-order valence-electron chi connectivity index (χ1n) is 9.91. The topological polar surface area (TPSA) is 111 Å². The number of hydrogen-bond donors (Lipinski definition) is 4. The molecule has 0 spiro atoms. The smallest absolute Gasteiger partial charge is 0.321 e. The van der Waals surface area contributed by atoms with Crippen molar-refractivity contribution in [3.8, 4) is 0 Å². The van der Waals surface area contributed by atoms with Gasteiger partial charge in [0.1, 0.15) is 5.69 Å². The highest BCUT2D eigenvalue weighted by Crippen LogP contribution is 2.22. The summed E-state index contributed by atoms with van der Waals surface area (Å²) in [6.07, 6.45) is 1.84. The lowest BCUT2D eigenvalue weighted by Crippen LogP contribution is -2.53. The molecule has 30 heavy (non-hydrogen) atoms. The van der Waals surface area contributed by atoms with E-state index < -0.39 is 17.4 Å². The third kappa shape index (κ3) is 5.16. The van der Waals surface area contributed by atoms with Crippen LogP contribution < -0.4 is 26.3 Å². The number of anilines is 1. The van der Waals surface area contributed by atoms with Gasteiger partial charge in [0, 0.05) is 52.4 Å². The van der Waals surface area contributed by atoms with E-state index in [1.54, 1.807) is 6.07 Å². The third-order valence-corrected chi connectivity index (χ3v) is 4.97. The molecular weight excluding hydrogens is 393 g/mol. The first-order valence-corrected chi connectivity index (χ1v) is 9.91. The Labute approximate surface area is 174 Å². The molecule has 0 aliphatic carbocycles. The van der Waals surface area contributed by atoms with Crippen LogP contribution in [0.1, 0.15) is 24.3 Å². The summed E-state index contributed by atoms with van der Waals surface area (Å²) >= 11 is 0. The van der Waals surface area contributed by atoms with E-state index in [1.807, 2.05) is 24.8 Å². The van der Waals surface area contributed by atoms with E-state index in [2.05, 4.69) is 31.3 Å². The average molecular weight is 421 g/mol. The van der Waals surface area contributed by atoms with Gasteiger partial charge >= 0.3 is 6.03 Å². The van der Waals surface area contributed by atoms with Crippen molar-refractivity contribution in [2.24, 2.45) is 0 Å². The van der Waals surface area contributed by atoms with E-state index in [9.17, 15) is 14.0 Å². The van der Waals surface area contributed by atoms with Crippen molar-refractivity contribution in [2.45, 2.75) is 19.4 Å². The quantitative estimate of drug-likeness (QED) is 0.484. The van der Waals surface area contributed by atoms with Crippen molar-refractivity contribution in [3.63, 3.8) is 0 Å². The maximum Gasteiger partial charge on any atom is 0.321 e. The molecule has 1 unspecified atom stereocenters. The minimum absolute atomic E-state index is 0.0569. The molecule has 1 atom stereocenters. The lowest BCUT2D eigenvalue weighted by atomic mass is 10.0. The highest BCUT2D eigenvalue weighted by molar-refractivity contribution is 5.92. The van der Waals surface area contributed by atoms with Crippen LogP contribution in [0.3, 0.4) is 0 Å². The maximum atomic E-state index is 14.4. The van der Waals surface area contributed by atoms with Gasteiger partial charge in [-0.2, -0.15) is 4.39 Å². The fraction of sp³-hybridized carbons (Fsp3) is 0.526. The molecule has 11 heteroatoms. The van der Waals surface area contributed by atoms with E-state index in [1.165, 1.54) is 13.1 Å². The average Bonchev–Trinajstić information content (AvgIpc) is 3.08. The Morgan fingerprint density at radius 2 is 2.03 bits per heavy atom. The second kappa shape index (κ2) is 9.26. The lowest BCUT2D eigenvalue weighted by Gasteiger charge is -2.38. The number of urea groups is 1. The molecule has 4 N–H and O–H groups in total.